The van der Waals surface area contributed by atoms with E-state index in [9.17, 15) is 4.79 Å². The van der Waals surface area contributed by atoms with Crippen molar-refractivity contribution < 1.29 is 9.53 Å². The third-order valence-corrected chi connectivity index (χ3v) is 1.68. The van der Waals surface area contributed by atoms with Crippen LogP contribution in [-0.4, -0.2) is 29.1 Å². The number of carbonyl (C=O) groups excluding carboxylic acids is 1. The molecule has 0 aliphatic rings. The summed E-state index contributed by atoms with van der Waals surface area (Å²) in [5.74, 6) is -0.262. The Bertz CT molecular complexity index is 312. The highest BCUT2D eigenvalue weighted by molar-refractivity contribution is 5.75. The summed E-state index contributed by atoms with van der Waals surface area (Å²) in [4.78, 5) is 18.5. The maximum atomic E-state index is 11.0. The van der Waals surface area contributed by atoms with Crippen LogP contribution in [0.4, 0.5) is 5.95 Å². The molecule has 0 saturated carbocycles. The first-order chi connectivity index (χ1) is 6.63. The molecule has 76 valence electrons. The third kappa shape index (κ3) is 2.67. The number of rotatable bonds is 3. The molecule has 0 aliphatic carbocycles. The summed E-state index contributed by atoms with van der Waals surface area (Å²) in [5.41, 5.74) is 11.6. The molecular formula is C8H12N4O2. The Morgan fingerprint density at radius 1 is 1.57 bits per heavy atom. The normalized spacial score (nSPS) is 12.1. The van der Waals surface area contributed by atoms with Crippen LogP contribution in [0.3, 0.4) is 0 Å². The smallest absolute Gasteiger partial charge is 0.322 e. The lowest BCUT2D eigenvalue weighted by Crippen LogP contribution is -2.33. The summed E-state index contributed by atoms with van der Waals surface area (Å²) in [6.07, 6.45) is 3.41. The summed E-state index contributed by atoms with van der Waals surface area (Å²) in [7, 11) is 1.29. The highest BCUT2D eigenvalue weighted by atomic mass is 16.5. The minimum Gasteiger partial charge on any atom is -0.468 e. The van der Waals surface area contributed by atoms with E-state index in [2.05, 4.69) is 14.7 Å². The van der Waals surface area contributed by atoms with Gasteiger partial charge < -0.3 is 16.2 Å². The summed E-state index contributed by atoms with van der Waals surface area (Å²) >= 11 is 0. The van der Waals surface area contributed by atoms with Gasteiger partial charge in [0.2, 0.25) is 5.95 Å². The number of nitrogens with two attached hydrogens (primary N) is 2. The number of hydrogen-bond donors (Lipinski definition) is 2. The van der Waals surface area contributed by atoms with E-state index in [4.69, 9.17) is 11.5 Å². The van der Waals surface area contributed by atoms with Crippen molar-refractivity contribution in [3.8, 4) is 0 Å². The van der Waals surface area contributed by atoms with E-state index in [1.165, 1.54) is 19.5 Å². The zero-order valence-corrected chi connectivity index (χ0v) is 7.80. The van der Waals surface area contributed by atoms with Gasteiger partial charge in [-0.05, 0) is 5.56 Å². The van der Waals surface area contributed by atoms with Gasteiger partial charge in [-0.15, -0.1) is 0 Å². The molecule has 1 heterocycles. The average molecular weight is 196 g/mol. The lowest BCUT2D eigenvalue weighted by molar-refractivity contribution is -0.142. The van der Waals surface area contributed by atoms with Crippen LogP contribution in [0.1, 0.15) is 5.56 Å². The molecule has 0 spiro atoms. The van der Waals surface area contributed by atoms with Crippen molar-refractivity contribution in [1.29, 1.82) is 0 Å². The number of carbonyl (C=O) groups is 1. The van der Waals surface area contributed by atoms with Gasteiger partial charge >= 0.3 is 5.97 Å². The van der Waals surface area contributed by atoms with Gasteiger partial charge in [0.05, 0.1) is 7.11 Å². The van der Waals surface area contributed by atoms with E-state index in [1.54, 1.807) is 0 Å². The molecule has 6 nitrogen and oxygen atoms in total. The molecule has 1 rings (SSSR count). The van der Waals surface area contributed by atoms with Crippen LogP contribution in [0.5, 0.6) is 0 Å². The van der Waals surface area contributed by atoms with Crippen LogP contribution in [0.15, 0.2) is 12.4 Å². The van der Waals surface area contributed by atoms with Crippen molar-refractivity contribution >= 4 is 11.9 Å². The van der Waals surface area contributed by atoms with E-state index < -0.39 is 12.0 Å². The monoisotopic (exact) mass is 196 g/mol. The fraction of sp³-hybridized carbons (Fsp3) is 0.375. The Kier molecular flexibility index (Phi) is 3.35. The van der Waals surface area contributed by atoms with Crippen molar-refractivity contribution in [1.82, 2.24) is 9.97 Å². The molecule has 1 atom stereocenters. The second-order valence-electron chi connectivity index (χ2n) is 2.78. The molecule has 0 aliphatic heterocycles. The van der Waals surface area contributed by atoms with Crippen LogP contribution in [-0.2, 0) is 16.0 Å². The second-order valence-corrected chi connectivity index (χ2v) is 2.78. The third-order valence-electron chi connectivity index (χ3n) is 1.68. The van der Waals surface area contributed by atoms with E-state index >= 15 is 0 Å². The van der Waals surface area contributed by atoms with E-state index in [-0.39, 0.29) is 5.95 Å². The lowest BCUT2D eigenvalue weighted by atomic mass is 10.1. The van der Waals surface area contributed by atoms with Gasteiger partial charge in [-0.1, -0.05) is 0 Å². The summed E-state index contributed by atoms with van der Waals surface area (Å²) in [6, 6.07) is -0.688. The van der Waals surface area contributed by atoms with Gasteiger partial charge in [-0.2, -0.15) is 0 Å². The number of methoxy groups -OCH3 is 1. The number of nitrogens with zero attached hydrogens (tertiary/aromatic N) is 2. The fourth-order valence-corrected chi connectivity index (χ4v) is 0.959. The summed E-state index contributed by atoms with van der Waals surface area (Å²) in [5, 5.41) is 0. The Morgan fingerprint density at radius 3 is 2.64 bits per heavy atom. The van der Waals surface area contributed by atoms with Gasteiger partial charge in [0.1, 0.15) is 6.04 Å². The van der Waals surface area contributed by atoms with Gasteiger partial charge in [-0.3, -0.25) is 4.79 Å². The number of ether oxygens (including phenoxy) is 1. The van der Waals surface area contributed by atoms with E-state index in [0.717, 1.165) is 5.56 Å². The number of esters is 1. The SMILES string of the molecule is COC(=O)[C@@H](N)Cc1cnc(N)nc1. The first kappa shape index (κ1) is 10.4. The topological polar surface area (TPSA) is 104 Å². The van der Waals surface area contributed by atoms with Crippen LogP contribution in [0, 0.1) is 0 Å². The number of aromatic nitrogens is 2. The first-order valence-electron chi connectivity index (χ1n) is 4.03. The van der Waals surface area contributed by atoms with Crippen molar-refractivity contribution in [2.45, 2.75) is 12.5 Å². The Morgan fingerprint density at radius 2 is 2.14 bits per heavy atom. The zero-order valence-electron chi connectivity index (χ0n) is 7.80. The molecular weight excluding hydrogens is 184 g/mol. The molecule has 1 aromatic rings. The van der Waals surface area contributed by atoms with E-state index in [0.29, 0.717) is 6.42 Å². The molecule has 1 aromatic heterocycles. The molecule has 0 unspecified atom stereocenters. The highest BCUT2D eigenvalue weighted by Gasteiger charge is 2.14. The minimum atomic E-state index is -0.688. The van der Waals surface area contributed by atoms with Gasteiger partial charge in [-0.25, -0.2) is 9.97 Å². The quantitative estimate of drug-likeness (QED) is 0.607. The predicted molar refractivity (Wildman–Crippen MR) is 50.1 cm³/mol. The average Bonchev–Trinajstić information content (AvgIpc) is 2.20. The molecule has 0 saturated heterocycles. The maximum Gasteiger partial charge on any atom is 0.322 e. The van der Waals surface area contributed by atoms with Crippen LogP contribution in [0.25, 0.3) is 0 Å². The molecule has 6 heteroatoms. The second kappa shape index (κ2) is 4.52. The molecule has 0 bridgehead atoms. The van der Waals surface area contributed by atoms with Crippen LogP contribution >= 0.6 is 0 Å². The van der Waals surface area contributed by atoms with Crippen LogP contribution < -0.4 is 11.5 Å². The molecule has 0 fully saturated rings. The largest absolute Gasteiger partial charge is 0.468 e. The van der Waals surface area contributed by atoms with E-state index in [1.807, 2.05) is 0 Å². The molecule has 0 aromatic carbocycles. The zero-order chi connectivity index (χ0) is 10.6. The first-order valence-corrected chi connectivity index (χ1v) is 4.03. The maximum absolute atomic E-state index is 11.0. The highest BCUT2D eigenvalue weighted by Crippen LogP contribution is 2.01. The van der Waals surface area contributed by atoms with Crippen LogP contribution in [0.2, 0.25) is 0 Å². The van der Waals surface area contributed by atoms with Gasteiger partial charge in [0.25, 0.3) is 0 Å². The van der Waals surface area contributed by atoms with Gasteiger partial charge in [0.15, 0.2) is 0 Å². The summed E-state index contributed by atoms with van der Waals surface area (Å²) in [6.45, 7) is 0. The minimum absolute atomic E-state index is 0.195. The Balaban J connectivity index is 2.60. The summed E-state index contributed by atoms with van der Waals surface area (Å²) < 4.78 is 4.48. The van der Waals surface area contributed by atoms with Gasteiger partial charge in [0, 0.05) is 18.8 Å². The molecule has 4 N–H and O–H groups in total. The predicted octanol–water partition coefficient (Wildman–Crippen LogP) is -0.898. The van der Waals surface area contributed by atoms with Crippen molar-refractivity contribution in [3.63, 3.8) is 0 Å². The van der Waals surface area contributed by atoms with Crippen molar-refractivity contribution in [2.75, 3.05) is 12.8 Å². The fourth-order valence-electron chi connectivity index (χ4n) is 0.959. The Labute approximate surface area is 81.3 Å². The van der Waals surface area contributed by atoms with Crippen molar-refractivity contribution in [2.24, 2.45) is 5.73 Å². The standard InChI is InChI=1S/C8H12N4O2/c1-14-7(13)6(9)2-5-3-11-8(10)12-4-5/h3-4,6H,2,9H2,1H3,(H2,10,11,12)/t6-/m0/s1. The number of hydrogen-bond acceptors (Lipinski definition) is 6. The Hall–Kier alpha value is -1.69. The van der Waals surface area contributed by atoms with Crippen molar-refractivity contribution in [3.05, 3.63) is 18.0 Å². The number of anilines is 1. The lowest BCUT2D eigenvalue weighted by Gasteiger charge is -2.08. The molecule has 14 heavy (non-hydrogen) atoms. The molecule has 0 amide bonds. The number of nitrogen functional groups attached to an aromatic ring is 1. The molecule has 0 radical (unpaired) electrons.